The Balaban J connectivity index is 2.10. The first-order valence-electron chi connectivity index (χ1n) is 7.45. The Bertz CT molecular complexity index is 490. The maximum atomic E-state index is 13.3. The average Bonchev–Trinajstić information content (AvgIpc) is 2.43. The highest BCUT2D eigenvalue weighted by Crippen LogP contribution is 2.43. The van der Waals surface area contributed by atoms with Crippen LogP contribution in [0.2, 0.25) is 0 Å². The molecule has 0 radical (unpaired) electrons. The Kier molecular flexibility index (Phi) is 4.69. The van der Waals surface area contributed by atoms with Crippen LogP contribution in [0.4, 0.5) is 8.78 Å². The molecule has 1 aromatic rings. The molecule has 2 nitrogen and oxygen atoms in total. The summed E-state index contributed by atoms with van der Waals surface area (Å²) in [5, 5.41) is 10.6. The molecule has 2 rings (SSSR count). The molecule has 0 bridgehead atoms. The third-order valence-corrected chi connectivity index (χ3v) is 4.88. The van der Waals surface area contributed by atoms with E-state index in [1.807, 2.05) is 0 Å². The Morgan fingerprint density at radius 2 is 1.76 bits per heavy atom. The maximum Gasteiger partial charge on any atom is 0.159 e. The van der Waals surface area contributed by atoms with Crippen molar-refractivity contribution in [2.45, 2.75) is 57.7 Å². The van der Waals surface area contributed by atoms with E-state index >= 15 is 0 Å². The van der Waals surface area contributed by atoms with Gasteiger partial charge in [-0.1, -0.05) is 19.9 Å². The second kappa shape index (κ2) is 6.01. The largest absolute Gasteiger partial charge is 0.390 e. The van der Waals surface area contributed by atoms with Crippen LogP contribution in [0.1, 0.15) is 45.1 Å². The zero-order chi connectivity index (χ0) is 15.7. The SMILES string of the molecule is COC1(C(O)Cc2ccc(F)c(F)c2)CCC(C)(C)CC1. The van der Waals surface area contributed by atoms with Crippen LogP contribution in [0.25, 0.3) is 0 Å². The highest BCUT2D eigenvalue weighted by Gasteiger charge is 2.43. The zero-order valence-corrected chi connectivity index (χ0v) is 13.0. The van der Waals surface area contributed by atoms with E-state index < -0.39 is 23.3 Å². The van der Waals surface area contributed by atoms with Gasteiger partial charge in [-0.05, 0) is 48.8 Å². The van der Waals surface area contributed by atoms with Crippen molar-refractivity contribution in [2.24, 2.45) is 5.41 Å². The van der Waals surface area contributed by atoms with E-state index in [0.717, 1.165) is 37.8 Å². The number of benzene rings is 1. The van der Waals surface area contributed by atoms with Gasteiger partial charge in [-0.3, -0.25) is 0 Å². The number of methoxy groups -OCH3 is 1. The second-order valence-corrected chi connectivity index (χ2v) is 6.90. The maximum absolute atomic E-state index is 13.3. The summed E-state index contributed by atoms with van der Waals surface area (Å²) >= 11 is 0. The van der Waals surface area contributed by atoms with Crippen LogP contribution in [0, 0.1) is 17.0 Å². The van der Waals surface area contributed by atoms with Gasteiger partial charge >= 0.3 is 0 Å². The Labute approximate surface area is 125 Å². The molecule has 1 atom stereocenters. The number of ether oxygens (including phenoxy) is 1. The fourth-order valence-electron chi connectivity index (χ4n) is 3.10. The van der Waals surface area contributed by atoms with Gasteiger partial charge in [0.05, 0.1) is 11.7 Å². The molecule has 1 saturated carbocycles. The fraction of sp³-hybridized carbons (Fsp3) is 0.647. The second-order valence-electron chi connectivity index (χ2n) is 6.90. The monoisotopic (exact) mass is 298 g/mol. The molecular formula is C17H24F2O2. The summed E-state index contributed by atoms with van der Waals surface area (Å²) in [5.74, 6) is -1.75. The van der Waals surface area contributed by atoms with Crippen molar-refractivity contribution in [3.05, 3.63) is 35.4 Å². The van der Waals surface area contributed by atoms with Crippen LogP contribution in [0.15, 0.2) is 18.2 Å². The van der Waals surface area contributed by atoms with Crippen LogP contribution >= 0.6 is 0 Å². The van der Waals surface area contributed by atoms with E-state index in [-0.39, 0.29) is 11.8 Å². The molecule has 1 aliphatic carbocycles. The normalized spacial score (nSPS) is 22.0. The fourth-order valence-corrected chi connectivity index (χ4v) is 3.10. The summed E-state index contributed by atoms with van der Waals surface area (Å²) in [6, 6.07) is 3.76. The van der Waals surface area contributed by atoms with Gasteiger partial charge in [0.2, 0.25) is 0 Å². The van der Waals surface area contributed by atoms with Gasteiger partial charge < -0.3 is 9.84 Å². The van der Waals surface area contributed by atoms with Gasteiger partial charge in [-0.2, -0.15) is 0 Å². The van der Waals surface area contributed by atoms with Crippen molar-refractivity contribution < 1.29 is 18.6 Å². The number of aliphatic hydroxyl groups is 1. The van der Waals surface area contributed by atoms with Crippen molar-refractivity contribution in [2.75, 3.05) is 7.11 Å². The number of aliphatic hydroxyl groups excluding tert-OH is 1. The van der Waals surface area contributed by atoms with E-state index in [9.17, 15) is 13.9 Å². The number of hydrogen-bond donors (Lipinski definition) is 1. The summed E-state index contributed by atoms with van der Waals surface area (Å²) < 4.78 is 31.9. The van der Waals surface area contributed by atoms with Gasteiger partial charge in [-0.25, -0.2) is 8.78 Å². The highest BCUT2D eigenvalue weighted by molar-refractivity contribution is 5.19. The first-order valence-corrected chi connectivity index (χ1v) is 7.45. The minimum atomic E-state index is -0.879. The van der Waals surface area contributed by atoms with Gasteiger partial charge in [0, 0.05) is 13.5 Å². The zero-order valence-electron chi connectivity index (χ0n) is 13.0. The third kappa shape index (κ3) is 3.61. The number of rotatable bonds is 4. The molecule has 21 heavy (non-hydrogen) atoms. The predicted octanol–water partition coefficient (Wildman–Crippen LogP) is 3.85. The van der Waals surface area contributed by atoms with E-state index in [0.29, 0.717) is 5.56 Å². The van der Waals surface area contributed by atoms with E-state index in [2.05, 4.69) is 13.8 Å². The lowest BCUT2D eigenvalue weighted by Crippen LogP contribution is -2.49. The molecule has 1 unspecified atom stereocenters. The molecule has 1 aliphatic rings. The summed E-state index contributed by atoms with van der Waals surface area (Å²) in [4.78, 5) is 0. The molecule has 1 aromatic carbocycles. The Hall–Kier alpha value is -1.00. The topological polar surface area (TPSA) is 29.5 Å². The number of halogens is 2. The van der Waals surface area contributed by atoms with Crippen LogP contribution < -0.4 is 0 Å². The molecule has 1 fully saturated rings. The minimum Gasteiger partial charge on any atom is -0.390 e. The van der Waals surface area contributed by atoms with E-state index in [4.69, 9.17) is 4.74 Å². The lowest BCUT2D eigenvalue weighted by Gasteiger charge is -2.45. The molecule has 0 saturated heterocycles. The van der Waals surface area contributed by atoms with Crippen LogP contribution in [-0.2, 0) is 11.2 Å². The Morgan fingerprint density at radius 3 is 2.29 bits per heavy atom. The average molecular weight is 298 g/mol. The van der Waals surface area contributed by atoms with Gasteiger partial charge in [0.1, 0.15) is 0 Å². The first-order chi connectivity index (χ1) is 9.78. The van der Waals surface area contributed by atoms with E-state index in [1.165, 1.54) is 6.07 Å². The quantitative estimate of drug-likeness (QED) is 0.915. The van der Waals surface area contributed by atoms with Crippen LogP contribution in [0.5, 0.6) is 0 Å². The minimum absolute atomic E-state index is 0.268. The predicted molar refractivity (Wildman–Crippen MR) is 78.1 cm³/mol. The molecule has 0 heterocycles. The van der Waals surface area contributed by atoms with Crippen molar-refractivity contribution >= 4 is 0 Å². The first kappa shape index (κ1) is 16.4. The van der Waals surface area contributed by atoms with Crippen LogP contribution in [0.3, 0.4) is 0 Å². The van der Waals surface area contributed by atoms with Crippen molar-refractivity contribution in [3.8, 4) is 0 Å². The standard InChI is InChI=1S/C17H24F2O2/c1-16(2)6-8-17(21-3,9-7-16)15(20)11-12-4-5-13(18)14(19)10-12/h4-5,10,15,20H,6-9,11H2,1-3H3. The Morgan fingerprint density at radius 1 is 1.14 bits per heavy atom. The molecular weight excluding hydrogens is 274 g/mol. The summed E-state index contributed by atoms with van der Waals surface area (Å²) in [6.45, 7) is 4.43. The lowest BCUT2D eigenvalue weighted by atomic mass is 9.68. The highest BCUT2D eigenvalue weighted by atomic mass is 19.2. The molecule has 0 spiro atoms. The lowest BCUT2D eigenvalue weighted by molar-refractivity contribution is -0.135. The van der Waals surface area contributed by atoms with Crippen LogP contribution in [-0.4, -0.2) is 23.9 Å². The molecule has 0 amide bonds. The molecule has 1 N–H and O–H groups in total. The summed E-state index contributed by atoms with van der Waals surface area (Å²) in [5.41, 5.74) is 0.270. The third-order valence-electron chi connectivity index (χ3n) is 4.88. The van der Waals surface area contributed by atoms with Crippen molar-refractivity contribution in [3.63, 3.8) is 0 Å². The molecule has 4 heteroatoms. The molecule has 118 valence electrons. The molecule has 0 aromatic heterocycles. The van der Waals surface area contributed by atoms with Gasteiger partial charge in [0.15, 0.2) is 11.6 Å². The summed E-state index contributed by atoms with van der Waals surface area (Å²) in [7, 11) is 1.62. The number of hydrogen-bond acceptors (Lipinski definition) is 2. The molecule has 0 aliphatic heterocycles. The van der Waals surface area contributed by atoms with Gasteiger partial charge in [-0.15, -0.1) is 0 Å². The summed E-state index contributed by atoms with van der Waals surface area (Å²) in [6.07, 6.45) is 3.07. The van der Waals surface area contributed by atoms with Gasteiger partial charge in [0.25, 0.3) is 0 Å². The van der Waals surface area contributed by atoms with E-state index in [1.54, 1.807) is 7.11 Å². The van der Waals surface area contributed by atoms with Crippen molar-refractivity contribution in [1.82, 2.24) is 0 Å². The van der Waals surface area contributed by atoms with Crippen molar-refractivity contribution in [1.29, 1.82) is 0 Å². The smallest absolute Gasteiger partial charge is 0.159 e.